The second kappa shape index (κ2) is 7.28. The molecular weight excluding hydrogens is 333 g/mol. The van der Waals surface area contributed by atoms with Crippen LogP contribution < -0.4 is 0 Å². The third-order valence-corrected chi connectivity index (χ3v) is 4.43. The minimum absolute atomic E-state index is 0.0865. The van der Waals surface area contributed by atoms with E-state index in [2.05, 4.69) is 0 Å². The lowest BCUT2D eigenvalue weighted by Gasteiger charge is -2.29. The van der Waals surface area contributed by atoms with E-state index in [4.69, 9.17) is 21.1 Å². The number of halogens is 2. The summed E-state index contributed by atoms with van der Waals surface area (Å²) in [5.74, 6) is -0.442. The zero-order valence-electron chi connectivity index (χ0n) is 14.7. The summed E-state index contributed by atoms with van der Waals surface area (Å²) in [4.78, 5) is 13.9. The lowest BCUT2D eigenvalue weighted by Crippen LogP contribution is -2.40. The van der Waals surface area contributed by atoms with Crippen molar-refractivity contribution in [2.45, 2.75) is 58.3 Å². The van der Waals surface area contributed by atoms with Gasteiger partial charge in [0, 0.05) is 6.54 Å². The SMILES string of the molecule is CCC1(OCc2ccc(F)c(Cl)c2)CCN(C(=O)OC(C)(C)C)C1. The van der Waals surface area contributed by atoms with Crippen molar-refractivity contribution in [1.29, 1.82) is 0 Å². The summed E-state index contributed by atoms with van der Waals surface area (Å²) in [5, 5.41) is 0.0865. The molecule has 1 unspecified atom stereocenters. The third kappa shape index (κ3) is 4.84. The van der Waals surface area contributed by atoms with Gasteiger partial charge in [0.1, 0.15) is 11.4 Å². The first-order valence-electron chi connectivity index (χ1n) is 8.20. The molecule has 1 heterocycles. The molecule has 0 N–H and O–H groups in total. The highest BCUT2D eigenvalue weighted by Crippen LogP contribution is 2.31. The standard InChI is InChI=1S/C18H25ClFNO3/c1-5-18(23-11-13-6-7-15(20)14(19)10-13)8-9-21(12-18)16(22)24-17(2,3)4/h6-7,10H,5,8-9,11-12H2,1-4H3. The van der Waals surface area contributed by atoms with Gasteiger partial charge >= 0.3 is 6.09 Å². The summed E-state index contributed by atoms with van der Waals surface area (Å²) < 4.78 is 24.8. The third-order valence-electron chi connectivity index (χ3n) is 4.14. The summed E-state index contributed by atoms with van der Waals surface area (Å²) in [6.45, 7) is 9.01. The van der Waals surface area contributed by atoms with Crippen molar-refractivity contribution in [2.24, 2.45) is 0 Å². The molecule has 2 rings (SSSR count). The van der Waals surface area contributed by atoms with Gasteiger partial charge in [0.2, 0.25) is 0 Å². The molecule has 4 nitrogen and oxygen atoms in total. The van der Waals surface area contributed by atoms with E-state index < -0.39 is 17.0 Å². The first-order valence-corrected chi connectivity index (χ1v) is 8.58. The van der Waals surface area contributed by atoms with E-state index in [0.29, 0.717) is 19.7 Å². The molecule has 1 aromatic carbocycles. The van der Waals surface area contributed by atoms with E-state index in [1.807, 2.05) is 27.7 Å². The van der Waals surface area contributed by atoms with Crippen LogP contribution in [0.4, 0.5) is 9.18 Å². The van der Waals surface area contributed by atoms with E-state index in [1.54, 1.807) is 17.0 Å². The molecule has 0 bridgehead atoms. The molecule has 0 radical (unpaired) electrons. The molecule has 0 aliphatic carbocycles. The van der Waals surface area contributed by atoms with Crippen LogP contribution in [-0.4, -0.2) is 35.3 Å². The van der Waals surface area contributed by atoms with Crippen LogP contribution in [0, 0.1) is 5.82 Å². The van der Waals surface area contributed by atoms with Gasteiger partial charge in [-0.1, -0.05) is 24.6 Å². The molecule has 0 saturated carbocycles. The summed E-state index contributed by atoms with van der Waals surface area (Å²) >= 11 is 5.80. The fourth-order valence-electron chi connectivity index (χ4n) is 2.70. The number of rotatable bonds is 4. The number of carbonyl (C=O) groups excluding carboxylic acids is 1. The Balaban J connectivity index is 1.97. The molecule has 1 aromatic rings. The van der Waals surface area contributed by atoms with Crippen LogP contribution in [-0.2, 0) is 16.1 Å². The molecule has 6 heteroatoms. The molecule has 1 amide bonds. The van der Waals surface area contributed by atoms with Gasteiger partial charge in [0.25, 0.3) is 0 Å². The number of carbonyl (C=O) groups is 1. The Morgan fingerprint density at radius 2 is 2.12 bits per heavy atom. The van der Waals surface area contributed by atoms with Gasteiger partial charge < -0.3 is 14.4 Å². The summed E-state index contributed by atoms with van der Waals surface area (Å²) in [7, 11) is 0. The predicted octanol–water partition coefficient (Wildman–Crippen LogP) is 4.79. The molecule has 1 atom stereocenters. The number of hydrogen-bond donors (Lipinski definition) is 0. The Labute approximate surface area is 147 Å². The van der Waals surface area contributed by atoms with Crippen LogP contribution in [0.25, 0.3) is 0 Å². The molecule has 1 aliphatic heterocycles. The van der Waals surface area contributed by atoms with E-state index in [9.17, 15) is 9.18 Å². The van der Waals surface area contributed by atoms with Gasteiger partial charge in [-0.15, -0.1) is 0 Å². The summed E-state index contributed by atoms with van der Waals surface area (Å²) in [6, 6.07) is 4.56. The maximum atomic E-state index is 13.2. The maximum absolute atomic E-state index is 13.2. The highest BCUT2D eigenvalue weighted by Gasteiger charge is 2.41. The monoisotopic (exact) mass is 357 g/mol. The fraction of sp³-hybridized carbons (Fsp3) is 0.611. The normalized spacial score (nSPS) is 21.2. The Hall–Kier alpha value is -1.33. The maximum Gasteiger partial charge on any atom is 0.410 e. The van der Waals surface area contributed by atoms with Crippen LogP contribution in [0.2, 0.25) is 5.02 Å². The minimum atomic E-state index is -0.514. The van der Waals surface area contributed by atoms with Crippen LogP contribution in [0.3, 0.4) is 0 Å². The molecule has 1 saturated heterocycles. The fourth-order valence-corrected chi connectivity index (χ4v) is 2.90. The van der Waals surface area contributed by atoms with E-state index in [-0.39, 0.29) is 11.1 Å². The molecule has 0 spiro atoms. The van der Waals surface area contributed by atoms with Crippen molar-refractivity contribution in [2.75, 3.05) is 13.1 Å². The Morgan fingerprint density at radius 3 is 2.71 bits per heavy atom. The average Bonchev–Trinajstić information content (AvgIpc) is 2.92. The Bertz CT molecular complexity index is 602. The zero-order valence-corrected chi connectivity index (χ0v) is 15.5. The largest absolute Gasteiger partial charge is 0.444 e. The number of hydrogen-bond acceptors (Lipinski definition) is 3. The van der Waals surface area contributed by atoms with Gasteiger partial charge in [0.05, 0.1) is 23.8 Å². The van der Waals surface area contributed by atoms with Gasteiger partial charge in [-0.05, 0) is 51.3 Å². The quantitative estimate of drug-likeness (QED) is 0.778. The van der Waals surface area contributed by atoms with Gasteiger partial charge in [-0.25, -0.2) is 9.18 Å². The molecule has 24 heavy (non-hydrogen) atoms. The Kier molecular flexibility index (Phi) is 5.76. The molecule has 1 aliphatic rings. The van der Waals surface area contributed by atoms with Crippen molar-refractivity contribution < 1.29 is 18.7 Å². The second-order valence-corrected chi connectivity index (χ2v) is 7.63. The minimum Gasteiger partial charge on any atom is -0.444 e. The lowest BCUT2D eigenvalue weighted by atomic mass is 9.99. The van der Waals surface area contributed by atoms with Crippen LogP contribution >= 0.6 is 11.6 Å². The number of likely N-dealkylation sites (tertiary alicyclic amines) is 1. The smallest absolute Gasteiger partial charge is 0.410 e. The number of ether oxygens (including phenoxy) is 2. The van der Waals surface area contributed by atoms with Crippen molar-refractivity contribution in [3.63, 3.8) is 0 Å². The van der Waals surface area contributed by atoms with E-state index in [1.165, 1.54) is 6.07 Å². The van der Waals surface area contributed by atoms with Gasteiger partial charge in [-0.3, -0.25) is 0 Å². The number of nitrogens with zero attached hydrogens (tertiary/aromatic N) is 1. The highest BCUT2D eigenvalue weighted by atomic mass is 35.5. The lowest BCUT2D eigenvalue weighted by molar-refractivity contribution is -0.0528. The predicted molar refractivity (Wildman–Crippen MR) is 91.6 cm³/mol. The summed E-state index contributed by atoms with van der Waals surface area (Å²) in [6.07, 6.45) is 1.21. The van der Waals surface area contributed by atoms with Gasteiger partial charge in [-0.2, -0.15) is 0 Å². The van der Waals surface area contributed by atoms with Crippen molar-refractivity contribution in [3.8, 4) is 0 Å². The second-order valence-electron chi connectivity index (χ2n) is 7.23. The Morgan fingerprint density at radius 1 is 1.42 bits per heavy atom. The van der Waals surface area contributed by atoms with Crippen LogP contribution in [0.1, 0.15) is 46.1 Å². The van der Waals surface area contributed by atoms with Crippen molar-refractivity contribution >= 4 is 17.7 Å². The average molecular weight is 358 g/mol. The van der Waals surface area contributed by atoms with E-state index >= 15 is 0 Å². The molecule has 1 fully saturated rings. The number of amides is 1. The van der Waals surface area contributed by atoms with Crippen LogP contribution in [0.15, 0.2) is 18.2 Å². The molecular formula is C18H25ClFNO3. The van der Waals surface area contributed by atoms with Crippen molar-refractivity contribution in [1.82, 2.24) is 4.90 Å². The molecule has 0 aromatic heterocycles. The topological polar surface area (TPSA) is 38.8 Å². The first-order chi connectivity index (χ1) is 11.1. The van der Waals surface area contributed by atoms with Crippen molar-refractivity contribution in [3.05, 3.63) is 34.6 Å². The zero-order chi connectivity index (χ0) is 18.0. The molecule has 134 valence electrons. The first kappa shape index (κ1) is 19.0. The van der Waals surface area contributed by atoms with E-state index in [0.717, 1.165) is 18.4 Å². The van der Waals surface area contributed by atoms with Gasteiger partial charge in [0.15, 0.2) is 0 Å². The van der Waals surface area contributed by atoms with Crippen LogP contribution in [0.5, 0.6) is 0 Å². The number of benzene rings is 1. The summed E-state index contributed by atoms with van der Waals surface area (Å²) in [5.41, 5.74) is -0.108. The highest BCUT2D eigenvalue weighted by molar-refractivity contribution is 6.30.